The average molecular weight is 394 g/mol. The van der Waals surface area contributed by atoms with Crippen molar-refractivity contribution in [3.8, 4) is 0 Å². The molecule has 1 aromatic heterocycles. The van der Waals surface area contributed by atoms with Crippen molar-refractivity contribution in [3.63, 3.8) is 0 Å². The Hall–Kier alpha value is -1.47. The van der Waals surface area contributed by atoms with Crippen LogP contribution < -0.4 is 5.43 Å². The summed E-state index contributed by atoms with van der Waals surface area (Å²) in [5.74, 6) is -1.16. The second-order valence-corrected chi connectivity index (χ2v) is 7.88. The van der Waals surface area contributed by atoms with Gasteiger partial charge in [0.15, 0.2) is 27.8 Å². The molecule has 0 aliphatic carbocycles. The molecule has 0 bridgehead atoms. The number of carbonyl (C=O) groups is 1. The largest absolute Gasteiger partial charge is 0.612 e. The zero-order valence-corrected chi connectivity index (χ0v) is 14.3. The molecule has 25 heavy (non-hydrogen) atoms. The van der Waals surface area contributed by atoms with Crippen molar-refractivity contribution in [2.75, 3.05) is 12.5 Å². The van der Waals surface area contributed by atoms with E-state index in [1.165, 1.54) is 42.8 Å². The Morgan fingerprint density at radius 3 is 2.32 bits per heavy atom. The fourth-order valence-electron chi connectivity index (χ4n) is 2.41. The molecule has 130 valence electrons. The summed E-state index contributed by atoms with van der Waals surface area (Å²) in [5.41, 5.74) is -0.128. The lowest BCUT2D eigenvalue weighted by molar-refractivity contribution is 0.0697. The molecule has 1 heterocycles. The van der Waals surface area contributed by atoms with Gasteiger partial charge in [-0.25, -0.2) is 4.79 Å². The molecule has 6 nitrogen and oxygen atoms in total. The number of carboxylic acid groups (broad SMARTS) is 1. The minimum Gasteiger partial charge on any atom is -0.612 e. The highest BCUT2D eigenvalue weighted by Crippen LogP contribution is 2.28. The van der Waals surface area contributed by atoms with Gasteiger partial charge in [-0.15, -0.1) is 0 Å². The van der Waals surface area contributed by atoms with Gasteiger partial charge < -0.3 is 18.6 Å². The molecule has 3 rings (SSSR count). The van der Waals surface area contributed by atoms with E-state index in [0.717, 1.165) is 0 Å². The van der Waals surface area contributed by atoms with Gasteiger partial charge in [-0.05, 0) is 40.6 Å². The fourth-order valence-corrected chi connectivity index (χ4v) is 3.76. The fraction of sp³-hybridized carbons (Fsp3) is 0.125. The number of aromatic carboxylic acids is 1. The zero-order valence-electron chi connectivity index (χ0n) is 12.7. The lowest BCUT2D eigenvalue weighted by Crippen LogP contribution is -2.09. The average Bonchev–Trinajstić information content (AvgIpc) is 2.53. The Morgan fingerprint density at radius 2 is 1.76 bits per heavy atom. The lowest BCUT2D eigenvalue weighted by Gasteiger charge is -2.11. The van der Waals surface area contributed by atoms with E-state index in [1.807, 2.05) is 0 Å². The molecule has 0 amide bonds. The van der Waals surface area contributed by atoms with Gasteiger partial charge in [-0.3, -0.25) is 4.79 Å². The van der Waals surface area contributed by atoms with Crippen LogP contribution in [0.1, 0.15) is 10.4 Å². The van der Waals surface area contributed by atoms with Gasteiger partial charge in [0.25, 0.3) is 0 Å². The van der Waals surface area contributed by atoms with E-state index in [-0.39, 0.29) is 49.8 Å². The predicted octanol–water partition coefficient (Wildman–Crippen LogP) is 0.935. The van der Waals surface area contributed by atoms with Crippen LogP contribution in [0, 0.1) is 0 Å². The second-order valence-electron chi connectivity index (χ2n) is 5.15. The third-order valence-corrected chi connectivity index (χ3v) is 5.42. The van der Waals surface area contributed by atoms with Crippen LogP contribution in [0.5, 0.6) is 0 Å². The van der Waals surface area contributed by atoms with Crippen molar-refractivity contribution in [1.82, 2.24) is 0 Å². The summed E-state index contributed by atoms with van der Waals surface area (Å²) < 4.78 is 29.5. The van der Waals surface area contributed by atoms with E-state index in [4.69, 9.17) is 9.52 Å². The van der Waals surface area contributed by atoms with Gasteiger partial charge in [-0.2, -0.15) is 0 Å². The van der Waals surface area contributed by atoms with Crippen LogP contribution in [-0.2, 0) is 22.4 Å². The minimum absolute atomic E-state index is 0. The molecule has 9 heteroatoms. The first kappa shape index (κ1) is 19.9. The quantitative estimate of drug-likeness (QED) is 0.402. The normalized spacial score (nSPS) is 13.4. The molecule has 1 N–H and O–H groups in total. The van der Waals surface area contributed by atoms with E-state index in [9.17, 15) is 18.7 Å². The second kappa shape index (κ2) is 7.42. The maximum Gasteiger partial charge on any atom is 0.335 e. The van der Waals surface area contributed by atoms with E-state index in [1.54, 1.807) is 0 Å². The van der Waals surface area contributed by atoms with Crippen LogP contribution in [0.3, 0.4) is 0 Å². The number of hydrogen-bond acceptors (Lipinski definition) is 5. The standard InChI is InChI=1S/C16H12O6S2.Al.3H/c1-23(20)9-6-11-14(17)10-5-8(16(18)19)3-4-12(10)22-15(11)13(7-9)24(2)21;;;;/h3-7H,1-2H3,(H,18,19);;;;. The molecule has 0 fully saturated rings. The molecular formula is C16H15AlO6S2. The molecule has 2 atom stereocenters. The number of benzene rings is 2. The number of carboxylic acids is 1. The first-order valence-electron chi connectivity index (χ1n) is 6.74. The Balaban J connectivity index is 0.00000225. The molecule has 0 saturated carbocycles. The molecule has 2 unspecified atom stereocenters. The van der Waals surface area contributed by atoms with Crippen LogP contribution in [0.15, 0.2) is 49.3 Å². The van der Waals surface area contributed by atoms with Crippen molar-refractivity contribution in [3.05, 3.63) is 46.1 Å². The summed E-state index contributed by atoms with van der Waals surface area (Å²) >= 11 is -2.83. The minimum atomic E-state index is -1.45. The molecule has 0 aliphatic rings. The van der Waals surface area contributed by atoms with Gasteiger partial charge in [0.05, 0.1) is 22.4 Å². The SMILES string of the molecule is C[S+]([O-])c1cc([S+](C)[O-])c2oc3ccc(C(=O)O)cc3c(=O)c2c1.[AlH3]. The Kier molecular flexibility index (Phi) is 5.89. The number of hydrogen-bond donors (Lipinski definition) is 1. The molecule has 0 aliphatic heterocycles. The number of fused-ring (bicyclic) bond motifs is 2. The van der Waals surface area contributed by atoms with Gasteiger partial charge in [-0.1, -0.05) is 0 Å². The molecular weight excluding hydrogens is 379 g/mol. The molecule has 0 radical (unpaired) electrons. The molecule has 0 spiro atoms. The monoisotopic (exact) mass is 394 g/mol. The summed E-state index contributed by atoms with van der Waals surface area (Å²) in [5, 5.41) is 9.30. The third-order valence-electron chi connectivity index (χ3n) is 3.60. The summed E-state index contributed by atoms with van der Waals surface area (Å²) in [4.78, 5) is 24.5. The van der Waals surface area contributed by atoms with Crippen molar-refractivity contribution >= 4 is 67.6 Å². The first-order valence-corrected chi connectivity index (χ1v) is 9.86. The zero-order chi connectivity index (χ0) is 17.6. The van der Waals surface area contributed by atoms with Gasteiger partial charge >= 0.3 is 5.97 Å². The molecule has 0 saturated heterocycles. The van der Waals surface area contributed by atoms with Crippen LogP contribution in [0.2, 0.25) is 0 Å². The van der Waals surface area contributed by atoms with Crippen LogP contribution >= 0.6 is 0 Å². The first-order chi connectivity index (χ1) is 11.3. The van der Waals surface area contributed by atoms with Crippen LogP contribution in [0.4, 0.5) is 0 Å². The molecule has 2 aromatic carbocycles. The Morgan fingerprint density at radius 1 is 1.08 bits per heavy atom. The maximum absolute atomic E-state index is 12.8. The molecule has 3 aromatic rings. The third kappa shape index (κ3) is 3.58. The highest BCUT2D eigenvalue weighted by molar-refractivity contribution is 7.91. The smallest absolute Gasteiger partial charge is 0.335 e. The predicted molar refractivity (Wildman–Crippen MR) is 102 cm³/mol. The highest BCUT2D eigenvalue weighted by Gasteiger charge is 2.22. The Labute approximate surface area is 159 Å². The topological polar surface area (TPSA) is 114 Å². The van der Waals surface area contributed by atoms with Crippen molar-refractivity contribution in [1.29, 1.82) is 0 Å². The van der Waals surface area contributed by atoms with E-state index in [2.05, 4.69) is 0 Å². The summed E-state index contributed by atoms with van der Waals surface area (Å²) in [6.45, 7) is 0. The van der Waals surface area contributed by atoms with Crippen LogP contribution in [-0.4, -0.2) is 50.1 Å². The highest BCUT2D eigenvalue weighted by atomic mass is 32.2. The Bertz CT molecular complexity index is 1030. The van der Waals surface area contributed by atoms with Crippen molar-refractivity contribution in [2.24, 2.45) is 0 Å². The van der Waals surface area contributed by atoms with Crippen LogP contribution in [0.25, 0.3) is 21.9 Å². The van der Waals surface area contributed by atoms with E-state index >= 15 is 0 Å². The maximum atomic E-state index is 12.8. The summed E-state index contributed by atoms with van der Waals surface area (Å²) in [6.07, 6.45) is 2.89. The summed E-state index contributed by atoms with van der Waals surface area (Å²) in [6, 6.07) is 6.89. The van der Waals surface area contributed by atoms with Gasteiger partial charge in [0.1, 0.15) is 18.1 Å². The van der Waals surface area contributed by atoms with Crippen molar-refractivity contribution in [2.45, 2.75) is 9.79 Å². The number of rotatable bonds is 3. The van der Waals surface area contributed by atoms with Gasteiger partial charge in [0, 0.05) is 6.07 Å². The van der Waals surface area contributed by atoms with E-state index in [0.29, 0.717) is 4.90 Å². The lowest BCUT2D eigenvalue weighted by atomic mass is 10.1. The summed E-state index contributed by atoms with van der Waals surface area (Å²) in [7, 11) is 0. The van der Waals surface area contributed by atoms with E-state index < -0.39 is 33.7 Å². The van der Waals surface area contributed by atoms with Gasteiger partial charge in [0.2, 0.25) is 10.3 Å². The van der Waals surface area contributed by atoms with Crippen molar-refractivity contribution < 1.29 is 23.4 Å².